The topological polar surface area (TPSA) is 54.3 Å². The van der Waals surface area contributed by atoms with Gasteiger partial charge in [0, 0.05) is 14.2 Å². The first-order valence-corrected chi connectivity index (χ1v) is 9.85. The molecule has 150 valence electrons. The minimum absolute atomic E-state index is 0.0437. The molecule has 0 atom stereocenters. The number of amides is 1. The fourth-order valence-corrected chi connectivity index (χ4v) is 3.23. The molecular weight excluding hydrogens is 540 g/mol. The van der Waals surface area contributed by atoms with Crippen LogP contribution in [0.2, 0.25) is 5.02 Å². The van der Waals surface area contributed by atoms with Gasteiger partial charge in [0.1, 0.15) is 5.76 Å². The van der Waals surface area contributed by atoms with E-state index in [-0.39, 0.29) is 16.6 Å². The number of anilines is 1. The quantitative estimate of drug-likeness (QED) is 0.295. The molecule has 1 aromatic heterocycles. The summed E-state index contributed by atoms with van der Waals surface area (Å²) in [5.41, 5.74) is -0.434. The minimum Gasteiger partial charge on any atom is -0.451 e. The van der Waals surface area contributed by atoms with Crippen LogP contribution in [0, 0.1) is 3.57 Å². The van der Waals surface area contributed by atoms with E-state index >= 15 is 0 Å². The van der Waals surface area contributed by atoms with Gasteiger partial charge < -0.3 is 9.73 Å². The molecule has 0 aliphatic rings. The summed E-state index contributed by atoms with van der Waals surface area (Å²) in [4.78, 5) is 12.3. The SMILES string of the molecule is O=C(NC(=S)Nc1ccc(I)cc1C(F)(F)F)c1ccc(-c2ccc(Cl)cc2)o1. The van der Waals surface area contributed by atoms with E-state index in [4.69, 9.17) is 28.2 Å². The maximum absolute atomic E-state index is 13.2. The number of halogens is 5. The van der Waals surface area contributed by atoms with Gasteiger partial charge in [0.15, 0.2) is 10.9 Å². The molecule has 0 radical (unpaired) electrons. The van der Waals surface area contributed by atoms with Gasteiger partial charge in [0.25, 0.3) is 5.91 Å². The Balaban J connectivity index is 1.71. The smallest absolute Gasteiger partial charge is 0.418 e. The molecule has 0 aliphatic heterocycles. The van der Waals surface area contributed by atoms with Crippen LogP contribution in [-0.2, 0) is 6.18 Å². The molecule has 2 N–H and O–H groups in total. The molecule has 0 saturated carbocycles. The summed E-state index contributed by atoms with van der Waals surface area (Å²) in [5, 5.41) is 4.99. The molecule has 4 nitrogen and oxygen atoms in total. The first-order chi connectivity index (χ1) is 13.6. The second-order valence-corrected chi connectivity index (χ2v) is 7.86. The molecule has 0 aliphatic carbocycles. The van der Waals surface area contributed by atoms with Gasteiger partial charge in [-0.05, 0) is 89.4 Å². The summed E-state index contributed by atoms with van der Waals surface area (Å²) in [6, 6.07) is 13.6. The predicted octanol–water partition coefficient (Wildman–Crippen LogP) is 6.35. The Morgan fingerprint density at radius 1 is 1.07 bits per heavy atom. The van der Waals surface area contributed by atoms with Gasteiger partial charge in [-0.15, -0.1) is 0 Å². The molecule has 0 bridgehead atoms. The Morgan fingerprint density at radius 2 is 1.76 bits per heavy atom. The number of thiocarbonyl (C=S) groups is 1. The van der Waals surface area contributed by atoms with Crippen LogP contribution in [0.15, 0.2) is 59.0 Å². The van der Waals surface area contributed by atoms with E-state index in [9.17, 15) is 18.0 Å². The minimum atomic E-state index is -4.57. The fourth-order valence-electron chi connectivity index (χ4n) is 2.41. The van der Waals surface area contributed by atoms with Crippen LogP contribution in [-0.4, -0.2) is 11.0 Å². The molecule has 0 saturated heterocycles. The molecule has 0 unspecified atom stereocenters. The van der Waals surface area contributed by atoms with E-state index in [1.165, 1.54) is 18.2 Å². The van der Waals surface area contributed by atoms with Crippen LogP contribution < -0.4 is 10.6 Å². The van der Waals surface area contributed by atoms with Crippen LogP contribution in [0.5, 0.6) is 0 Å². The van der Waals surface area contributed by atoms with Crippen molar-refractivity contribution in [3.63, 3.8) is 0 Å². The summed E-state index contributed by atoms with van der Waals surface area (Å²) >= 11 is 12.6. The molecule has 1 heterocycles. The summed E-state index contributed by atoms with van der Waals surface area (Å²) in [6.45, 7) is 0. The number of furan rings is 1. The second kappa shape index (κ2) is 8.72. The van der Waals surface area contributed by atoms with E-state index in [1.807, 2.05) is 0 Å². The molecular formula is C19H11ClF3IN2O2S. The molecule has 2 aromatic carbocycles. The van der Waals surface area contributed by atoms with E-state index < -0.39 is 17.6 Å². The van der Waals surface area contributed by atoms with Crippen LogP contribution in [0.1, 0.15) is 16.1 Å². The number of alkyl halides is 3. The van der Waals surface area contributed by atoms with E-state index in [0.717, 1.165) is 6.07 Å². The summed E-state index contributed by atoms with van der Waals surface area (Å²) in [7, 11) is 0. The predicted molar refractivity (Wildman–Crippen MR) is 117 cm³/mol. The molecule has 29 heavy (non-hydrogen) atoms. The van der Waals surface area contributed by atoms with Crippen molar-refractivity contribution in [2.24, 2.45) is 0 Å². The maximum Gasteiger partial charge on any atom is 0.418 e. The lowest BCUT2D eigenvalue weighted by Crippen LogP contribution is -2.34. The average Bonchev–Trinajstić information content (AvgIpc) is 3.13. The molecule has 3 rings (SSSR count). The zero-order chi connectivity index (χ0) is 21.2. The summed E-state index contributed by atoms with van der Waals surface area (Å²) in [6.07, 6.45) is -4.57. The first kappa shape index (κ1) is 21.6. The highest BCUT2D eigenvalue weighted by atomic mass is 127. The Bertz CT molecular complexity index is 1070. The number of hydrogen-bond acceptors (Lipinski definition) is 3. The van der Waals surface area contributed by atoms with Crippen molar-refractivity contribution in [2.45, 2.75) is 6.18 Å². The van der Waals surface area contributed by atoms with Gasteiger partial charge in [0.2, 0.25) is 0 Å². The Kier molecular flexibility index (Phi) is 6.49. The third kappa shape index (κ3) is 5.49. The number of nitrogens with one attached hydrogen (secondary N) is 2. The van der Waals surface area contributed by atoms with Crippen LogP contribution in [0.3, 0.4) is 0 Å². The third-order valence-electron chi connectivity index (χ3n) is 3.72. The second-order valence-electron chi connectivity index (χ2n) is 5.77. The normalized spacial score (nSPS) is 11.2. The van der Waals surface area contributed by atoms with Gasteiger partial charge in [-0.25, -0.2) is 0 Å². The zero-order valence-corrected chi connectivity index (χ0v) is 18.0. The van der Waals surface area contributed by atoms with Crippen molar-refractivity contribution in [1.29, 1.82) is 0 Å². The van der Waals surface area contributed by atoms with Gasteiger partial charge >= 0.3 is 6.18 Å². The number of benzene rings is 2. The fraction of sp³-hybridized carbons (Fsp3) is 0.0526. The third-order valence-corrected chi connectivity index (χ3v) is 4.85. The van der Waals surface area contributed by atoms with Gasteiger partial charge in [-0.3, -0.25) is 10.1 Å². The van der Waals surface area contributed by atoms with Crippen LogP contribution in [0.25, 0.3) is 11.3 Å². The maximum atomic E-state index is 13.2. The van der Waals surface area contributed by atoms with Crippen LogP contribution >= 0.6 is 46.4 Å². The van der Waals surface area contributed by atoms with E-state index in [1.54, 1.807) is 52.9 Å². The standard InChI is InChI=1S/C19H11ClF3IN2O2S/c20-11-3-1-10(2-4-11)15-7-8-16(28-15)17(27)26-18(29)25-14-6-5-12(24)9-13(14)19(21,22)23/h1-9H,(H2,25,26,27,29). The number of carbonyl (C=O) groups is 1. The molecule has 3 aromatic rings. The van der Waals surface area contributed by atoms with E-state index in [2.05, 4.69) is 10.6 Å². The Morgan fingerprint density at radius 3 is 2.41 bits per heavy atom. The van der Waals surface area contributed by atoms with Crippen molar-refractivity contribution >= 4 is 63.1 Å². The van der Waals surface area contributed by atoms with Gasteiger partial charge in [-0.1, -0.05) is 11.6 Å². The Labute approximate surface area is 187 Å². The zero-order valence-electron chi connectivity index (χ0n) is 14.3. The van der Waals surface area contributed by atoms with E-state index in [0.29, 0.717) is 19.9 Å². The van der Waals surface area contributed by atoms with Crippen molar-refractivity contribution in [1.82, 2.24) is 5.32 Å². The largest absolute Gasteiger partial charge is 0.451 e. The Hall–Kier alpha value is -2.11. The molecule has 0 fully saturated rings. The lowest BCUT2D eigenvalue weighted by atomic mass is 10.1. The lowest BCUT2D eigenvalue weighted by molar-refractivity contribution is -0.137. The number of hydrogen-bond donors (Lipinski definition) is 2. The highest BCUT2D eigenvalue weighted by molar-refractivity contribution is 14.1. The van der Waals surface area contributed by atoms with Crippen molar-refractivity contribution < 1.29 is 22.4 Å². The first-order valence-electron chi connectivity index (χ1n) is 7.98. The average molecular weight is 551 g/mol. The lowest BCUT2D eigenvalue weighted by Gasteiger charge is -2.15. The van der Waals surface area contributed by atoms with Crippen LogP contribution in [0.4, 0.5) is 18.9 Å². The number of carbonyl (C=O) groups excluding carboxylic acids is 1. The van der Waals surface area contributed by atoms with Gasteiger partial charge in [-0.2, -0.15) is 13.2 Å². The highest BCUT2D eigenvalue weighted by Gasteiger charge is 2.34. The summed E-state index contributed by atoms with van der Waals surface area (Å²) < 4.78 is 45.5. The van der Waals surface area contributed by atoms with Gasteiger partial charge in [0.05, 0.1) is 11.3 Å². The van der Waals surface area contributed by atoms with Crippen molar-refractivity contribution in [3.8, 4) is 11.3 Å². The number of rotatable bonds is 3. The monoisotopic (exact) mass is 550 g/mol. The van der Waals surface area contributed by atoms with Crippen molar-refractivity contribution in [2.75, 3.05) is 5.32 Å². The highest BCUT2D eigenvalue weighted by Crippen LogP contribution is 2.35. The molecule has 0 spiro atoms. The molecule has 10 heteroatoms. The molecule has 1 amide bonds. The summed E-state index contributed by atoms with van der Waals surface area (Å²) in [5.74, 6) is -0.303. The van der Waals surface area contributed by atoms with Crippen molar-refractivity contribution in [3.05, 3.63) is 74.5 Å².